The van der Waals surface area contributed by atoms with Crippen molar-refractivity contribution < 1.29 is 18.8 Å². The molecule has 4 aromatic heterocycles. The Kier molecular flexibility index (Phi) is 7.01. The molecule has 0 radical (unpaired) electrons. The van der Waals surface area contributed by atoms with Gasteiger partial charge >= 0.3 is 0 Å². The van der Waals surface area contributed by atoms with Crippen LogP contribution in [0.15, 0.2) is 47.5 Å². The van der Waals surface area contributed by atoms with Crippen LogP contribution in [0.5, 0.6) is 0 Å². The van der Waals surface area contributed by atoms with Gasteiger partial charge < -0.3 is 10.2 Å². The maximum absolute atomic E-state index is 14.5. The average molecular weight is 634 g/mol. The number of aromatic nitrogens is 7. The third-order valence-corrected chi connectivity index (χ3v) is 7.91. The molecular formula is C28H25BrFN9O3. The van der Waals surface area contributed by atoms with Gasteiger partial charge in [-0.05, 0) is 47.5 Å². The highest BCUT2D eigenvalue weighted by molar-refractivity contribution is 9.10. The standard InChI is InChI=1S/C28H25BrFN9O3/c1-14-6-24-32-9-18(11-39(24)35-14)17-4-5-21-20(7-17)26(16(3)40)36-38(21)13-25(41)37-12-19(30)8-22(37)28(42)34-23-10-31-15(2)27(29)33-23/h4-7,9-11,19,22H,8,12-13H2,1-3H3,(H,33,34,42)/t19-,22+/m1/s1. The lowest BCUT2D eigenvalue weighted by molar-refractivity contribution is -0.137. The van der Waals surface area contributed by atoms with Crippen molar-refractivity contribution in [2.24, 2.45) is 0 Å². The van der Waals surface area contributed by atoms with E-state index in [1.807, 2.05) is 31.3 Å². The highest BCUT2D eigenvalue weighted by Crippen LogP contribution is 2.28. The summed E-state index contributed by atoms with van der Waals surface area (Å²) in [5, 5.41) is 12.0. The first kappa shape index (κ1) is 27.6. The number of anilines is 1. The number of hydrogen-bond acceptors (Lipinski definition) is 8. The summed E-state index contributed by atoms with van der Waals surface area (Å²) in [6, 6.07) is 6.28. The normalized spacial score (nSPS) is 16.8. The summed E-state index contributed by atoms with van der Waals surface area (Å²) in [7, 11) is 0. The zero-order valence-electron chi connectivity index (χ0n) is 22.9. The maximum atomic E-state index is 14.5. The monoisotopic (exact) mass is 633 g/mol. The number of alkyl halides is 1. The SMILES string of the molecule is CC(=O)c1nn(CC(=O)N2C[C@H](F)C[C@H]2C(=O)Nc2cnc(C)c(Br)n2)c2ccc(-c3cnc4cc(C)nn4c3)cc12. The summed E-state index contributed by atoms with van der Waals surface area (Å²) in [4.78, 5) is 53.0. The first-order chi connectivity index (χ1) is 20.1. The Bertz CT molecular complexity index is 1900. The van der Waals surface area contributed by atoms with Crippen LogP contribution < -0.4 is 5.32 Å². The topological polar surface area (TPSA) is 140 Å². The van der Waals surface area contributed by atoms with Crippen molar-refractivity contribution in [1.29, 1.82) is 0 Å². The number of nitrogens with one attached hydrogen (secondary N) is 1. The molecule has 1 fully saturated rings. The molecule has 0 bridgehead atoms. The number of nitrogens with zero attached hydrogens (tertiary/aromatic N) is 8. The van der Waals surface area contributed by atoms with Crippen molar-refractivity contribution in [3.05, 3.63) is 64.5 Å². The molecule has 6 rings (SSSR count). The minimum atomic E-state index is -1.37. The molecule has 2 atom stereocenters. The van der Waals surface area contributed by atoms with Gasteiger partial charge in [0.1, 0.15) is 29.1 Å². The van der Waals surface area contributed by atoms with E-state index in [0.717, 1.165) is 22.5 Å². The van der Waals surface area contributed by atoms with Gasteiger partial charge in [0.05, 0.1) is 29.6 Å². The van der Waals surface area contributed by atoms with E-state index in [0.29, 0.717) is 21.2 Å². The third-order valence-electron chi connectivity index (χ3n) is 7.16. The summed E-state index contributed by atoms with van der Waals surface area (Å²) in [5.74, 6) is -1.15. The van der Waals surface area contributed by atoms with Gasteiger partial charge in [-0.3, -0.25) is 24.0 Å². The van der Waals surface area contributed by atoms with E-state index in [-0.39, 0.29) is 36.8 Å². The molecule has 1 aliphatic heterocycles. The van der Waals surface area contributed by atoms with Crippen molar-refractivity contribution in [2.45, 2.75) is 46.0 Å². The maximum Gasteiger partial charge on any atom is 0.248 e. The van der Waals surface area contributed by atoms with Crippen molar-refractivity contribution in [3.8, 4) is 11.1 Å². The number of fused-ring (bicyclic) bond motifs is 2. The smallest absolute Gasteiger partial charge is 0.248 e. The van der Waals surface area contributed by atoms with Crippen molar-refractivity contribution in [2.75, 3.05) is 11.9 Å². The molecule has 0 spiro atoms. The summed E-state index contributed by atoms with van der Waals surface area (Å²) in [6.07, 6.45) is 3.46. The van der Waals surface area contributed by atoms with E-state index in [9.17, 15) is 18.8 Å². The van der Waals surface area contributed by atoms with Crippen molar-refractivity contribution >= 4 is 55.9 Å². The number of rotatable bonds is 6. The van der Waals surface area contributed by atoms with E-state index in [1.54, 1.807) is 23.7 Å². The van der Waals surface area contributed by atoms with Gasteiger partial charge in [0.15, 0.2) is 17.2 Å². The van der Waals surface area contributed by atoms with E-state index in [1.165, 1.54) is 22.7 Å². The molecule has 214 valence electrons. The lowest BCUT2D eigenvalue weighted by atomic mass is 10.0. The number of hydrogen-bond donors (Lipinski definition) is 1. The van der Waals surface area contributed by atoms with Gasteiger partial charge in [0.2, 0.25) is 11.8 Å². The molecule has 1 N–H and O–H groups in total. The van der Waals surface area contributed by atoms with E-state index in [4.69, 9.17) is 0 Å². The molecule has 1 saturated heterocycles. The molecule has 0 saturated carbocycles. The average Bonchev–Trinajstić information content (AvgIpc) is 3.64. The summed E-state index contributed by atoms with van der Waals surface area (Å²) in [5.41, 5.74) is 4.54. The Morgan fingerprint density at radius 2 is 1.90 bits per heavy atom. The number of carbonyl (C=O) groups is 3. The lowest BCUT2D eigenvalue weighted by Crippen LogP contribution is -2.44. The van der Waals surface area contributed by atoms with Crippen LogP contribution in [0.4, 0.5) is 10.2 Å². The Labute approximate surface area is 247 Å². The van der Waals surface area contributed by atoms with E-state index >= 15 is 0 Å². The fourth-order valence-electron chi connectivity index (χ4n) is 5.11. The van der Waals surface area contributed by atoms with Gasteiger partial charge in [0.25, 0.3) is 0 Å². The van der Waals surface area contributed by atoms with Crippen LogP contribution in [0, 0.1) is 13.8 Å². The zero-order valence-corrected chi connectivity index (χ0v) is 24.5. The van der Waals surface area contributed by atoms with Crippen molar-refractivity contribution in [3.63, 3.8) is 0 Å². The predicted octanol–water partition coefficient (Wildman–Crippen LogP) is 3.70. The summed E-state index contributed by atoms with van der Waals surface area (Å²) < 4.78 is 18.1. The second kappa shape index (κ2) is 10.7. The number of likely N-dealkylation sites (tertiary alicyclic amines) is 1. The first-order valence-corrected chi connectivity index (χ1v) is 13.9. The van der Waals surface area contributed by atoms with Crippen LogP contribution in [0.3, 0.4) is 0 Å². The molecular weight excluding hydrogens is 609 g/mol. The minimum absolute atomic E-state index is 0.145. The number of amides is 2. The molecule has 0 aliphatic carbocycles. The van der Waals surface area contributed by atoms with Crippen molar-refractivity contribution in [1.82, 2.24) is 39.2 Å². The number of ketones is 1. The van der Waals surface area contributed by atoms with Gasteiger partial charge in [-0.1, -0.05) is 6.07 Å². The summed E-state index contributed by atoms with van der Waals surface area (Å²) >= 11 is 3.27. The molecule has 1 aliphatic rings. The number of carbonyl (C=O) groups excluding carboxylic acids is 3. The van der Waals surface area contributed by atoms with Gasteiger partial charge in [-0.15, -0.1) is 0 Å². The van der Waals surface area contributed by atoms with Crippen LogP contribution in [0.25, 0.3) is 27.7 Å². The van der Waals surface area contributed by atoms with Crippen LogP contribution in [-0.4, -0.2) is 75.6 Å². The van der Waals surface area contributed by atoms with Crippen LogP contribution in [-0.2, 0) is 16.1 Å². The highest BCUT2D eigenvalue weighted by Gasteiger charge is 2.40. The number of benzene rings is 1. The molecule has 0 unspecified atom stereocenters. The number of Topliss-reactive ketones (excluding diaryl/α,β-unsaturated/α-hetero) is 1. The number of halogens is 2. The van der Waals surface area contributed by atoms with Crippen LogP contribution in [0.1, 0.15) is 35.2 Å². The first-order valence-electron chi connectivity index (χ1n) is 13.1. The number of aryl methyl sites for hydroxylation is 2. The Hall–Kier alpha value is -4.59. The molecule has 5 heterocycles. The minimum Gasteiger partial charge on any atom is -0.326 e. The summed E-state index contributed by atoms with van der Waals surface area (Å²) in [6.45, 7) is 4.53. The van der Waals surface area contributed by atoms with E-state index in [2.05, 4.69) is 46.4 Å². The molecule has 5 aromatic rings. The molecule has 14 heteroatoms. The van der Waals surface area contributed by atoms with Crippen LogP contribution in [0.2, 0.25) is 0 Å². The Morgan fingerprint density at radius 3 is 2.67 bits per heavy atom. The second-order valence-electron chi connectivity index (χ2n) is 10.2. The molecule has 1 aromatic carbocycles. The Morgan fingerprint density at radius 1 is 1.10 bits per heavy atom. The molecule has 12 nitrogen and oxygen atoms in total. The lowest BCUT2D eigenvalue weighted by Gasteiger charge is -2.23. The molecule has 42 heavy (non-hydrogen) atoms. The predicted molar refractivity (Wildman–Crippen MR) is 155 cm³/mol. The highest BCUT2D eigenvalue weighted by atomic mass is 79.9. The fraction of sp³-hybridized carbons (Fsp3) is 0.286. The Balaban J connectivity index is 1.27. The molecule has 2 amide bonds. The van der Waals surface area contributed by atoms with Gasteiger partial charge in [-0.25, -0.2) is 18.9 Å². The van der Waals surface area contributed by atoms with E-state index < -0.39 is 24.0 Å². The van der Waals surface area contributed by atoms with Gasteiger partial charge in [-0.2, -0.15) is 10.2 Å². The fourth-order valence-corrected chi connectivity index (χ4v) is 5.40. The van der Waals surface area contributed by atoms with Gasteiger partial charge in [0, 0.05) is 42.8 Å². The quantitative estimate of drug-likeness (QED) is 0.279. The zero-order chi connectivity index (χ0) is 29.7. The third kappa shape index (κ3) is 5.13. The van der Waals surface area contributed by atoms with Crippen LogP contribution >= 0.6 is 15.9 Å². The second-order valence-corrected chi connectivity index (χ2v) is 11.0. The largest absolute Gasteiger partial charge is 0.326 e.